The van der Waals surface area contributed by atoms with Gasteiger partial charge >= 0.3 is 0 Å². The van der Waals surface area contributed by atoms with Crippen LogP contribution in [-0.2, 0) is 10.5 Å². The van der Waals surface area contributed by atoms with Gasteiger partial charge in [-0.15, -0.1) is 11.8 Å². The molecule has 3 aromatic rings. The summed E-state index contributed by atoms with van der Waals surface area (Å²) >= 11 is 1.35. The second-order valence-corrected chi connectivity index (χ2v) is 7.17. The monoisotopic (exact) mass is 412 g/mol. The fourth-order valence-electron chi connectivity index (χ4n) is 2.52. The average molecular weight is 412 g/mol. The molecule has 0 aromatic heterocycles. The number of anilines is 2. The third-order valence-corrected chi connectivity index (χ3v) is 4.96. The molecule has 0 aliphatic heterocycles. The smallest absolute Gasteiger partial charge is 0.255 e. The van der Waals surface area contributed by atoms with Crippen LogP contribution in [0.1, 0.15) is 15.9 Å². The lowest BCUT2D eigenvalue weighted by Crippen LogP contribution is -2.15. The Morgan fingerprint density at radius 1 is 0.862 bits per heavy atom. The molecule has 2 N–H and O–H groups in total. The SMILES string of the molecule is O=C(CSCc1ccc(C(=O)Nc2ccccc2)cc1)Nc1ccc(F)cc1F. The first-order valence-corrected chi connectivity index (χ1v) is 9.95. The standard InChI is InChI=1S/C22H18F2N2O2S/c23-17-10-11-20(19(24)12-17)26-21(27)14-29-13-15-6-8-16(9-7-15)22(28)25-18-4-2-1-3-5-18/h1-12H,13-14H2,(H,25,28)(H,26,27). The van der Waals surface area contributed by atoms with Crippen molar-refractivity contribution in [3.05, 3.63) is 95.6 Å². The van der Waals surface area contributed by atoms with Crippen LogP contribution in [-0.4, -0.2) is 17.6 Å². The molecule has 0 heterocycles. The number of benzene rings is 3. The summed E-state index contributed by atoms with van der Waals surface area (Å²) < 4.78 is 26.4. The zero-order valence-corrected chi connectivity index (χ0v) is 16.1. The van der Waals surface area contributed by atoms with Crippen molar-refractivity contribution in [1.29, 1.82) is 0 Å². The Morgan fingerprint density at radius 2 is 1.59 bits per heavy atom. The van der Waals surface area contributed by atoms with Crippen LogP contribution in [0.3, 0.4) is 0 Å². The highest BCUT2D eigenvalue weighted by atomic mass is 32.2. The van der Waals surface area contributed by atoms with E-state index in [2.05, 4.69) is 10.6 Å². The van der Waals surface area contributed by atoms with Gasteiger partial charge in [0, 0.05) is 23.1 Å². The summed E-state index contributed by atoms with van der Waals surface area (Å²) in [6.45, 7) is 0. The molecule has 148 valence electrons. The lowest BCUT2D eigenvalue weighted by molar-refractivity contribution is -0.113. The van der Waals surface area contributed by atoms with Crippen LogP contribution in [0.15, 0.2) is 72.8 Å². The number of hydrogen-bond donors (Lipinski definition) is 2. The Morgan fingerprint density at radius 3 is 2.28 bits per heavy atom. The summed E-state index contributed by atoms with van der Waals surface area (Å²) in [7, 11) is 0. The van der Waals surface area contributed by atoms with Gasteiger partial charge in [-0.05, 0) is 42.0 Å². The Kier molecular flexibility index (Phi) is 6.97. The van der Waals surface area contributed by atoms with Crippen molar-refractivity contribution in [3.63, 3.8) is 0 Å². The number of thioether (sulfide) groups is 1. The summed E-state index contributed by atoms with van der Waals surface area (Å²) in [5, 5.41) is 5.23. The predicted octanol–water partition coefficient (Wildman–Crippen LogP) is 5.09. The molecule has 0 aliphatic carbocycles. The number of para-hydroxylation sites is 1. The maximum Gasteiger partial charge on any atom is 0.255 e. The molecule has 0 aliphatic rings. The maximum absolute atomic E-state index is 13.5. The fraction of sp³-hybridized carbons (Fsp3) is 0.0909. The Bertz CT molecular complexity index is 995. The molecule has 0 fully saturated rings. The number of carbonyl (C=O) groups is 2. The molecule has 2 amide bonds. The van der Waals surface area contributed by atoms with E-state index in [0.29, 0.717) is 11.3 Å². The van der Waals surface area contributed by atoms with Crippen molar-refractivity contribution < 1.29 is 18.4 Å². The van der Waals surface area contributed by atoms with E-state index in [1.165, 1.54) is 17.8 Å². The molecular weight excluding hydrogens is 394 g/mol. The predicted molar refractivity (Wildman–Crippen MR) is 112 cm³/mol. The van der Waals surface area contributed by atoms with E-state index < -0.39 is 11.6 Å². The molecule has 0 radical (unpaired) electrons. The van der Waals surface area contributed by atoms with Gasteiger partial charge < -0.3 is 10.6 Å². The molecule has 4 nitrogen and oxygen atoms in total. The third-order valence-electron chi connectivity index (χ3n) is 3.95. The zero-order chi connectivity index (χ0) is 20.6. The van der Waals surface area contributed by atoms with E-state index in [-0.39, 0.29) is 23.3 Å². The fourth-order valence-corrected chi connectivity index (χ4v) is 3.30. The molecule has 0 bridgehead atoms. The first kappa shape index (κ1) is 20.5. The molecule has 0 saturated heterocycles. The van der Waals surface area contributed by atoms with Gasteiger partial charge in [0.2, 0.25) is 5.91 Å². The van der Waals surface area contributed by atoms with Crippen LogP contribution in [0.25, 0.3) is 0 Å². The highest BCUT2D eigenvalue weighted by Gasteiger charge is 2.09. The van der Waals surface area contributed by atoms with E-state index in [4.69, 9.17) is 0 Å². The normalized spacial score (nSPS) is 10.4. The van der Waals surface area contributed by atoms with Gasteiger partial charge in [0.15, 0.2) is 0 Å². The molecule has 0 unspecified atom stereocenters. The van der Waals surface area contributed by atoms with Crippen LogP contribution in [0.5, 0.6) is 0 Å². The zero-order valence-electron chi connectivity index (χ0n) is 15.3. The maximum atomic E-state index is 13.5. The topological polar surface area (TPSA) is 58.2 Å². The Hall–Kier alpha value is -3.19. The van der Waals surface area contributed by atoms with E-state index in [1.807, 2.05) is 42.5 Å². The van der Waals surface area contributed by atoms with Crippen molar-refractivity contribution in [2.75, 3.05) is 16.4 Å². The van der Waals surface area contributed by atoms with Crippen molar-refractivity contribution in [1.82, 2.24) is 0 Å². The van der Waals surface area contributed by atoms with Gasteiger partial charge in [-0.3, -0.25) is 9.59 Å². The summed E-state index contributed by atoms with van der Waals surface area (Å²) in [6.07, 6.45) is 0. The third kappa shape index (κ3) is 6.15. The first-order chi connectivity index (χ1) is 14.0. The largest absolute Gasteiger partial charge is 0.323 e. The average Bonchev–Trinajstić information content (AvgIpc) is 2.71. The Labute approximate surface area is 171 Å². The number of halogens is 2. The highest BCUT2D eigenvalue weighted by Crippen LogP contribution is 2.17. The molecule has 3 rings (SSSR count). The summed E-state index contributed by atoms with van der Waals surface area (Å²) in [5.74, 6) is -1.41. The number of hydrogen-bond acceptors (Lipinski definition) is 3. The van der Waals surface area contributed by atoms with E-state index in [1.54, 1.807) is 12.1 Å². The van der Waals surface area contributed by atoms with Crippen molar-refractivity contribution >= 4 is 35.0 Å². The van der Waals surface area contributed by atoms with Crippen LogP contribution in [0.4, 0.5) is 20.2 Å². The van der Waals surface area contributed by atoms with Crippen LogP contribution in [0, 0.1) is 11.6 Å². The number of carbonyl (C=O) groups excluding carboxylic acids is 2. The quantitative estimate of drug-likeness (QED) is 0.568. The van der Waals surface area contributed by atoms with Crippen molar-refractivity contribution in [2.45, 2.75) is 5.75 Å². The minimum atomic E-state index is -0.812. The van der Waals surface area contributed by atoms with Crippen LogP contribution in [0.2, 0.25) is 0 Å². The van der Waals surface area contributed by atoms with Crippen molar-refractivity contribution in [3.8, 4) is 0 Å². The molecule has 29 heavy (non-hydrogen) atoms. The second-order valence-electron chi connectivity index (χ2n) is 6.18. The minimum Gasteiger partial charge on any atom is -0.323 e. The van der Waals surface area contributed by atoms with Gasteiger partial charge in [-0.25, -0.2) is 8.78 Å². The Balaban J connectivity index is 1.46. The summed E-state index contributed by atoms with van der Waals surface area (Å²) in [6, 6.07) is 19.3. The van der Waals surface area contributed by atoms with Crippen molar-refractivity contribution in [2.24, 2.45) is 0 Å². The molecule has 0 spiro atoms. The van der Waals surface area contributed by atoms with Crippen LogP contribution >= 0.6 is 11.8 Å². The first-order valence-electron chi connectivity index (χ1n) is 8.79. The van der Waals surface area contributed by atoms with E-state index >= 15 is 0 Å². The lowest BCUT2D eigenvalue weighted by Gasteiger charge is -2.07. The van der Waals surface area contributed by atoms with Gasteiger partial charge in [0.1, 0.15) is 11.6 Å². The molecule has 7 heteroatoms. The van der Waals surface area contributed by atoms with E-state index in [9.17, 15) is 18.4 Å². The minimum absolute atomic E-state index is 0.0502. The van der Waals surface area contributed by atoms with Crippen LogP contribution < -0.4 is 10.6 Å². The van der Waals surface area contributed by atoms with Gasteiger partial charge in [-0.2, -0.15) is 0 Å². The highest BCUT2D eigenvalue weighted by molar-refractivity contribution is 7.99. The lowest BCUT2D eigenvalue weighted by atomic mass is 10.1. The molecule has 0 saturated carbocycles. The molecular formula is C22H18F2N2O2S. The number of amides is 2. The molecule has 0 atom stereocenters. The summed E-state index contributed by atoms with van der Waals surface area (Å²) in [5.41, 5.74) is 2.16. The number of nitrogens with one attached hydrogen (secondary N) is 2. The van der Waals surface area contributed by atoms with Gasteiger partial charge in [0.05, 0.1) is 11.4 Å². The number of rotatable bonds is 7. The van der Waals surface area contributed by atoms with Gasteiger partial charge in [-0.1, -0.05) is 30.3 Å². The van der Waals surface area contributed by atoms with E-state index in [0.717, 1.165) is 23.4 Å². The second kappa shape index (κ2) is 9.84. The van der Waals surface area contributed by atoms with Gasteiger partial charge in [0.25, 0.3) is 5.91 Å². The summed E-state index contributed by atoms with van der Waals surface area (Å²) in [4.78, 5) is 24.1. The molecule has 3 aromatic carbocycles.